The van der Waals surface area contributed by atoms with Crippen molar-refractivity contribution in [3.8, 4) is 5.75 Å². The molecule has 0 aliphatic heterocycles. The van der Waals surface area contributed by atoms with Gasteiger partial charge in [0.2, 0.25) is 5.82 Å². The summed E-state index contributed by atoms with van der Waals surface area (Å²) in [5.41, 5.74) is 0.563. The van der Waals surface area contributed by atoms with Gasteiger partial charge in [-0.25, -0.2) is 13.2 Å². The third-order valence-corrected chi connectivity index (χ3v) is 2.86. The Kier molecular flexibility index (Phi) is 3.53. The van der Waals surface area contributed by atoms with Crippen LogP contribution < -0.4 is 10.1 Å². The van der Waals surface area contributed by atoms with Gasteiger partial charge >= 0.3 is 0 Å². The molecule has 22 heavy (non-hydrogen) atoms. The number of nitrogens with one attached hydrogen (secondary N) is 1. The van der Waals surface area contributed by atoms with Gasteiger partial charge in [-0.05, 0) is 18.2 Å². The van der Waals surface area contributed by atoms with E-state index in [1.165, 1.54) is 31.4 Å². The predicted octanol–water partition coefficient (Wildman–Crippen LogP) is 2.95. The van der Waals surface area contributed by atoms with Gasteiger partial charge in [-0.3, -0.25) is 0 Å². The number of aromatic nitrogens is 4. The first-order chi connectivity index (χ1) is 10.6. The molecule has 0 bridgehead atoms. The van der Waals surface area contributed by atoms with E-state index in [0.29, 0.717) is 11.4 Å². The van der Waals surface area contributed by atoms with Gasteiger partial charge in [0.15, 0.2) is 11.5 Å². The SMILES string of the molecule is COc1cc(F)cc(Nc2ccc3nnc(C(F)F)n3n2)c1. The van der Waals surface area contributed by atoms with Crippen molar-refractivity contribution in [2.75, 3.05) is 12.4 Å². The second kappa shape index (κ2) is 5.51. The molecule has 3 rings (SSSR count). The fourth-order valence-electron chi connectivity index (χ4n) is 1.91. The van der Waals surface area contributed by atoms with Crippen LogP contribution in [0.3, 0.4) is 0 Å². The zero-order valence-corrected chi connectivity index (χ0v) is 11.3. The van der Waals surface area contributed by atoms with Crippen LogP contribution in [0.2, 0.25) is 0 Å². The van der Waals surface area contributed by atoms with Gasteiger partial charge in [0, 0.05) is 17.8 Å². The van der Waals surface area contributed by atoms with Crippen LogP contribution in [0.15, 0.2) is 30.3 Å². The van der Waals surface area contributed by atoms with Crippen LogP contribution in [0.25, 0.3) is 5.65 Å². The monoisotopic (exact) mass is 309 g/mol. The lowest BCUT2D eigenvalue weighted by atomic mass is 10.3. The van der Waals surface area contributed by atoms with Crippen molar-refractivity contribution >= 4 is 17.2 Å². The number of benzene rings is 1. The van der Waals surface area contributed by atoms with E-state index in [1.54, 1.807) is 6.07 Å². The normalized spacial score (nSPS) is 11.1. The van der Waals surface area contributed by atoms with Crippen LogP contribution in [-0.2, 0) is 0 Å². The van der Waals surface area contributed by atoms with Gasteiger partial charge in [0.05, 0.1) is 7.11 Å². The van der Waals surface area contributed by atoms with Crippen molar-refractivity contribution in [2.24, 2.45) is 0 Å². The van der Waals surface area contributed by atoms with Crippen molar-refractivity contribution in [1.82, 2.24) is 19.8 Å². The lowest BCUT2D eigenvalue weighted by molar-refractivity contribution is 0.137. The molecule has 1 N–H and O–H groups in total. The van der Waals surface area contributed by atoms with Crippen molar-refractivity contribution in [1.29, 1.82) is 0 Å². The van der Waals surface area contributed by atoms with Crippen molar-refractivity contribution in [3.63, 3.8) is 0 Å². The molecule has 0 spiro atoms. The summed E-state index contributed by atoms with van der Waals surface area (Å²) in [7, 11) is 1.41. The molecule has 1 aromatic carbocycles. The molecule has 2 aromatic heterocycles. The van der Waals surface area contributed by atoms with E-state index in [0.717, 1.165) is 4.52 Å². The number of hydrogen-bond donors (Lipinski definition) is 1. The molecule has 6 nitrogen and oxygen atoms in total. The molecule has 114 valence electrons. The topological polar surface area (TPSA) is 64.3 Å². The summed E-state index contributed by atoms with van der Waals surface area (Å²) >= 11 is 0. The highest BCUT2D eigenvalue weighted by Crippen LogP contribution is 2.23. The Balaban J connectivity index is 1.97. The molecule has 0 unspecified atom stereocenters. The van der Waals surface area contributed by atoms with Gasteiger partial charge in [0.25, 0.3) is 6.43 Å². The summed E-state index contributed by atoms with van der Waals surface area (Å²) in [6.07, 6.45) is -2.80. The summed E-state index contributed by atoms with van der Waals surface area (Å²) in [5, 5.41) is 13.8. The molecule has 0 saturated heterocycles. The van der Waals surface area contributed by atoms with E-state index in [-0.39, 0.29) is 11.5 Å². The van der Waals surface area contributed by atoms with Crippen LogP contribution in [0.1, 0.15) is 12.2 Å². The average Bonchev–Trinajstić information content (AvgIpc) is 2.89. The summed E-state index contributed by atoms with van der Waals surface area (Å²) in [5.74, 6) is -0.501. The number of halogens is 3. The number of anilines is 2. The third kappa shape index (κ3) is 2.65. The van der Waals surface area contributed by atoms with Crippen molar-refractivity contribution in [2.45, 2.75) is 6.43 Å². The number of nitrogens with zero attached hydrogens (tertiary/aromatic N) is 4. The van der Waals surface area contributed by atoms with Gasteiger partial charge < -0.3 is 10.1 Å². The number of ether oxygens (including phenoxy) is 1. The van der Waals surface area contributed by atoms with Gasteiger partial charge in [-0.2, -0.15) is 4.52 Å². The minimum atomic E-state index is -2.80. The Bertz CT molecular complexity index is 821. The molecule has 0 atom stereocenters. The lowest BCUT2D eigenvalue weighted by Crippen LogP contribution is -2.03. The van der Waals surface area contributed by atoms with Crippen LogP contribution in [0, 0.1) is 5.82 Å². The maximum absolute atomic E-state index is 13.4. The molecule has 0 amide bonds. The molecule has 0 fully saturated rings. The number of rotatable bonds is 4. The zero-order valence-electron chi connectivity index (χ0n) is 11.3. The number of alkyl halides is 2. The number of fused-ring (bicyclic) bond motifs is 1. The zero-order chi connectivity index (χ0) is 15.7. The predicted molar refractivity (Wildman–Crippen MR) is 72.0 cm³/mol. The maximum atomic E-state index is 13.4. The average molecular weight is 309 g/mol. The van der Waals surface area contributed by atoms with Crippen molar-refractivity contribution < 1.29 is 17.9 Å². The minimum absolute atomic E-state index is 0.192. The second-order valence-electron chi connectivity index (χ2n) is 4.35. The Morgan fingerprint density at radius 3 is 2.73 bits per heavy atom. The van der Waals surface area contributed by atoms with Crippen LogP contribution in [0.5, 0.6) is 5.75 Å². The fourth-order valence-corrected chi connectivity index (χ4v) is 1.91. The molecule has 2 heterocycles. The van der Waals surface area contributed by atoms with E-state index >= 15 is 0 Å². The highest BCUT2D eigenvalue weighted by molar-refractivity contribution is 5.59. The fraction of sp³-hybridized carbons (Fsp3) is 0.154. The molecule has 3 aromatic rings. The van der Waals surface area contributed by atoms with Crippen molar-refractivity contribution in [3.05, 3.63) is 42.0 Å². The molecule has 0 aliphatic carbocycles. The number of hydrogen-bond acceptors (Lipinski definition) is 5. The van der Waals surface area contributed by atoms with E-state index in [1.807, 2.05) is 0 Å². The molecule has 0 radical (unpaired) electrons. The maximum Gasteiger partial charge on any atom is 0.299 e. The van der Waals surface area contributed by atoms with Gasteiger partial charge in [-0.15, -0.1) is 15.3 Å². The lowest BCUT2D eigenvalue weighted by Gasteiger charge is -2.08. The summed E-state index contributed by atoms with van der Waals surface area (Å²) in [4.78, 5) is 0. The van der Waals surface area contributed by atoms with Crippen LogP contribution >= 0.6 is 0 Å². The Labute approximate surface area is 122 Å². The van der Waals surface area contributed by atoms with Crippen LogP contribution in [-0.4, -0.2) is 26.9 Å². The summed E-state index contributed by atoms with van der Waals surface area (Å²) < 4.78 is 44.9. The minimum Gasteiger partial charge on any atom is -0.497 e. The first-order valence-corrected chi connectivity index (χ1v) is 6.19. The Hall–Kier alpha value is -2.84. The molecule has 9 heteroatoms. The van der Waals surface area contributed by atoms with Gasteiger partial charge in [0.1, 0.15) is 11.6 Å². The van der Waals surface area contributed by atoms with Crippen LogP contribution in [0.4, 0.5) is 24.7 Å². The number of methoxy groups -OCH3 is 1. The second-order valence-corrected chi connectivity index (χ2v) is 4.35. The standard InChI is InChI=1S/C13H10F3N5O/c1-22-9-5-7(14)4-8(6-9)17-10-2-3-11-18-19-13(12(15)16)21(11)20-10/h2-6,12H,1H3,(H,17,20). The Morgan fingerprint density at radius 2 is 2.00 bits per heavy atom. The highest BCUT2D eigenvalue weighted by atomic mass is 19.3. The smallest absolute Gasteiger partial charge is 0.299 e. The summed E-state index contributed by atoms with van der Waals surface area (Å²) in [6, 6.07) is 7.00. The Morgan fingerprint density at radius 1 is 1.18 bits per heavy atom. The quantitative estimate of drug-likeness (QED) is 0.802. The highest BCUT2D eigenvalue weighted by Gasteiger charge is 2.17. The third-order valence-electron chi connectivity index (χ3n) is 2.86. The van der Waals surface area contributed by atoms with E-state index in [9.17, 15) is 13.2 Å². The molecule has 0 saturated carbocycles. The van der Waals surface area contributed by atoms with E-state index in [2.05, 4.69) is 20.6 Å². The summed E-state index contributed by atoms with van der Waals surface area (Å²) in [6.45, 7) is 0. The largest absolute Gasteiger partial charge is 0.497 e. The first kappa shape index (κ1) is 14.1. The van der Waals surface area contributed by atoms with Gasteiger partial charge in [-0.1, -0.05) is 0 Å². The molecular formula is C13H10F3N5O. The molecular weight excluding hydrogens is 299 g/mol. The van der Waals surface area contributed by atoms with E-state index < -0.39 is 18.1 Å². The first-order valence-electron chi connectivity index (χ1n) is 6.19. The van der Waals surface area contributed by atoms with E-state index in [4.69, 9.17) is 4.74 Å². The molecule has 0 aliphatic rings.